The highest BCUT2D eigenvalue weighted by atomic mass is 32.2. The highest BCUT2D eigenvalue weighted by Crippen LogP contribution is 2.15. The van der Waals surface area contributed by atoms with Crippen LogP contribution in [0.5, 0.6) is 0 Å². The second-order valence-electron chi connectivity index (χ2n) is 9.41. The van der Waals surface area contributed by atoms with Crippen LogP contribution in [0.4, 0.5) is 8.78 Å². The number of rotatable bonds is 14. The smallest absolute Gasteiger partial charge is 0.249 e. The van der Waals surface area contributed by atoms with E-state index in [0.29, 0.717) is 6.54 Å². The molecule has 3 aromatic carbocycles. The number of nitrogens with one attached hydrogen (secondary N) is 2. The third-order valence-electron chi connectivity index (χ3n) is 6.32. The second-order valence-corrected chi connectivity index (χ2v) is 11.5. The fraction of sp³-hybridized carbons (Fsp3) is 0.345. The van der Waals surface area contributed by atoms with Gasteiger partial charge in [-0.25, -0.2) is 17.2 Å². The molecule has 3 atom stereocenters. The molecule has 7 nitrogen and oxygen atoms in total. The van der Waals surface area contributed by atoms with Gasteiger partial charge in [-0.05, 0) is 60.2 Å². The number of amides is 1. The first-order valence-electron chi connectivity index (χ1n) is 12.7. The molecular weight excluding hydrogens is 526 g/mol. The van der Waals surface area contributed by atoms with Gasteiger partial charge in [-0.15, -0.1) is 0 Å². The Bertz CT molecular complexity index is 1320. The van der Waals surface area contributed by atoms with Gasteiger partial charge in [0.2, 0.25) is 5.91 Å². The Morgan fingerprint density at radius 2 is 1.56 bits per heavy atom. The van der Waals surface area contributed by atoms with Crippen molar-refractivity contribution in [2.75, 3.05) is 12.3 Å². The van der Waals surface area contributed by atoms with E-state index in [1.54, 1.807) is 18.2 Å². The third-order valence-corrected chi connectivity index (χ3v) is 8.08. The maximum atomic E-state index is 13.8. The summed E-state index contributed by atoms with van der Waals surface area (Å²) in [5.74, 6) is -2.96. The number of carbonyl (C=O) groups excluding carboxylic acids is 1. The topological polar surface area (TPSA) is 116 Å². The summed E-state index contributed by atoms with van der Waals surface area (Å²) in [5, 5.41) is 26.9. The third kappa shape index (κ3) is 9.50. The lowest BCUT2D eigenvalue weighted by atomic mass is 10.00. The fourth-order valence-corrected chi connectivity index (χ4v) is 5.50. The van der Waals surface area contributed by atoms with Crippen LogP contribution in [0.2, 0.25) is 0 Å². The van der Waals surface area contributed by atoms with Gasteiger partial charge in [-0.3, -0.25) is 4.79 Å². The van der Waals surface area contributed by atoms with Crippen LogP contribution in [-0.2, 0) is 34.0 Å². The Labute approximate surface area is 227 Å². The van der Waals surface area contributed by atoms with Crippen molar-refractivity contribution in [3.8, 4) is 0 Å². The van der Waals surface area contributed by atoms with Gasteiger partial charge in [0, 0.05) is 19.2 Å². The first-order valence-corrected chi connectivity index (χ1v) is 14.4. The SMILES string of the molecule is CCc1cccc(CNCC(O)C(Cc2cc(F)cc(F)c2)NC(=O)C(O)CCS(=O)(=O)c2ccccc2)c1. The van der Waals surface area contributed by atoms with Crippen molar-refractivity contribution in [3.63, 3.8) is 0 Å². The molecule has 0 radical (unpaired) electrons. The van der Waals surface area contributed by atoms with Gasteiger partial charge < -0.3 is 20.8 Å². The van der Waals surface area contributed by atoms with Gasteiger partial charge in [-0.1, -0.05) is 49.4 Å². The van der Waals surface area contributed by atoms with E-state index in [1.807, 2.05) is 31.2 Å². The van der Waals surface area contributed by atoms with Crippen molar-refractivity contribution >= 4 is 15.7 Å². The molecule has 3 rings (SSSR count). The molecule has 0 aliphatic rings. The van der Waals surface area contributed by atoms with Crippen LogP contribution in [0.15, 0.2) is 77.7 Å². The maximum Gasteiger partial charge on any atom is 0.249 e. The Morgan fingerprint density at radius 1 is 0.897 bits per heavy atom. The lowest BCUT2D eigenvalue weighted by molar-refractivity contribution is -0.131. The quantitative estimate of drug-likeness (QED) is 0.241. The number of aliphatic hydroxyl groups is 2. The largest absolute Gasteiger partial charge is 0.390 e. The van der Waals surface area contributed by atoms with E-state index in [-0.39, 0.29) is 29.8 Å². The predicted octanol–water partition coefficient (Wildman–Crippen LogP) is 2.93. The van der Waals surface area contributed by atoms with Crippen LogP contribution in [0.1, 0.15) is 30.0 Å². The Kier molecular flexibility index (Phi) is 11.1. The predicted molar refractivity (Wildman–Crippen MR) is 145 cm³/mol. The van der Waals surface area contributed by atoms with E-state index < -0.39 is 51.4 Å². The number of aliphatic hydroxyl groups excluding tert-OH is 2. The number of sulfone groups is 1. The fourth-order valence-electron chi connectivity index (χ4n) is 4.15. The molecule has 0 spiro atoms. The maximum absolute atomic E-state index is 13.8. The van der Waals surface area contributed by atoms with Gasteiger partial charge in [0.05, 0.1) is 22.8 Å². The minimum absolute atomic E-state index is 0.0393. The molecular formula is C29H34F2N2O5S. The van der Waals surface area contributed by atoms with Crippen LogP contribution in [0.25, 0.3) is 0 Å². The Balaban J connectivity index is 1.65. The zero-order valence-corrected chi connectivity index (χ0v) is 22.5. The average Bonchev–Trinajstić information content (AvgIpc) is 2.91. The molecule has 0 aromatic heterocycles. The van der Waals surface area contributed by atoms with Crippen molar-refractivity contribution in [2.24, 2.45) is 0 Å². The number of benzene rings is 3. The van der Waals surface area contributed by atoms with Crippen LogP contribution in [0, 0.1) is 11.6 Å². The number of carbonyl (C=O) groups is 1. The Hall–Kier alpha value is -3.18. The van der Waals surface area contributed by atoms with Crippen LogP contribution in [-0.4, -0.2) is 55.1 Å². The summed E-state index contributed by atoms with van der Waals surface area (Å²) in [6, 6.07) is 17.5. The lowest BCUT2D eigenvalue weighted by Crippen LogP contribution is -2.51. The van der Waals surface area contributed by atoms with Crippen molar-refractivity contribution in [2.45, 2.75) is 55.9 Å². The van der Waals surface area contributed by atoms with E-state index in [2.05, 4.69) is 10.6 Å². The molecule has 0 fully saturated rings. The summed E-state index contributed by atoms with van der Waals surface area (Å²) in [6.07, 6.45) is -2.47. The monoisotopic (exact) mass is 560 g/mol. The number of hydrogen-bond donors (Lipinski definition) is 4. The van der Waals surface area contributed by atoms with Gasteiger partial charge in [-0.2, -0.15) is 0 Å². The van der Waals surface area contributed by atoms with Crippen molar-refractivity contribution in [1.82, 2.24) is 10.6 Å². The summed E-state index contributed by atoms with van der Waals surface area (Å²) >= 11 is 0. The van der Waals surface area contributed by atoms with E-state index >= 15 is 0 Å². The number of aryl methyl sites for hydroxylation is 1. The molecule has 0 aliphatic heterocycles. The number of halogens is 2. The summed E-state index contributed by atoms with van der Waals surface area (Å²) in [4.78, 5) is 12.8. The van der Waals surface area contributed by atoms with Gasteiger partial charge in [0.15, 0.2) is 9.84 Å². The van der Waals surface area contributed by atoms with E-state index in [9.17, 15) is 32.2 Å². The molecule has 0 bridgehead atoms. The molecule has 0 aliphatic carbocycles. The highest BCUT2D eigenvalue weighted by Gasteiger charge is 2.27. The second kappa shape index (κ2) is 14.3. The zero-order chi connectivity index (χ0) is 28.4. The Morgan fingerprint density at radius 3 is 2.23 bits per heavy atom. The molecule has 0 saturated heterocycles. The van der Waals surface area contributed by atoms with E-state index in [1.165, 1.54) is 12.1 Å². The van der Waals surface area contributed by atoms with Crippen molar-refractivity contribution in [3.05, 3.63) is 101 Å². The van der Waals surface area contributed by atoms with E-state index in [4.69, 9.17) is 0 Å². The minimum atomic E-state index is -3.72. The number of hydrogen-bond acceptors (Lipinski definition) is 6. The standard InChI is InChI=1S/C29H34F2N2O5S/c1-2-20-7-6-8-21(13-20)18-32-19-28(35)26(16-22-14-23(30)17-24(31)15-22)33-29(36)27(34)11-12-39(37,38)25-9-4-3-5-10-25/h3-10,13-15,17,26-28,32,34-35H,2,11-12,16,18-19H2,1H3,(H,33,36). The first-order chi connectivity index (χ1) is 18.6. The summed E-state index contributed by atoms with van der Waals surface area (Å²) in [7, 11) is -3.72. The van der Waals surface area contributed by atoms with Crippen LogP contribution in [0.3, 0.4) is 0 Å². The normalized spacial score (nSPS) is 14.0. The zero-order valence-electron chi connectivity index (χ0n) is 21.7. The molecule has 3 unspecified atom stereocenters. The highest BCUT2D eigenvalue weighted by molar-refractivity contribution is 7.91. The molecule has 3 aromatic rings. The van der Waals surface area contributed by atoms with Gasteiger partial charge in [0.1, 0.15) is 17.7 Å². The minimum Gasteiger partial charge on any atom is -0.390 e. The van der Waals surface area contributed by atoms with Crippen molar-refractivity contribution in [1.29, 1.82) is 0 Å². The molecule has 210 valence electrons. The lowest BCUT2D eigenvalue weighted by Gasteiger charge is -2.26. The molecule has 1 amide bonds. The molecule has 4 N–H and O–H groups in total. The summed E-state index contributed by atoms with van der Waals surface area (Å²) in [5.41, 5.74) is 2.37. The van der Waals surface area contributed by atoms with E-state index in [0.717, 1.165) is 35.7 Å². The van der Waals surface area contributed by atoms with Gasteiger partial charge in [0.25, 0.3) is 0 Å². The van der Waals surface area contributed by atoms with Gasteiger partial charge >= 0.3 is 0 Å². The van der Waals surface area contributed by atoms with Crippen LogP contribution < -0.4 is 10.6 Å². The first kappa shape index (κ1) is 30.4. The molecule has 0 heterocycles. The molecule has 39 heavy (non-hydrogen) atoms. The van der Waals surface area contributed by atoms with Crippen LogP contribution >= 0.6 is 0 Å². The summed E-state index contributed by atoms with van der Waals surface area (Å²) in [6.45, 7) is 2.53. The summed E-state index contributed by atoms with van der Waals surface area (Å²) < 4.78 is 52.6. The molecule has 10 heteroatoms. The van der Waals surface area contributed by atoms with Crippen molar-refractivity contribution < 1.29 is 32.2 Å². The molecule has 0 saturated carbocycles. The average molecular weight is 561 g/mol.